The molecular formula is C9H7N3O. The van der Waals surface area contributed by atoms with Crippen molar-refractivity contribution in [1.82, 2.24) is 9.97 Å². The van der Waals surface area contributed by atoms with E-state index < -0.39 is 5.91 Å². The van der Waals surface area contributed by atoms with Crippen LogP contribution in [0.3, 0.4) is 0 Å². The first-order valence-corrected chi connectivity index (χ1v) is 3.78. The number of hydrogen-bond donors (Lipinski definition) is 1. The number of aromatic nitrogens is 2. The zero-order valence-electron chi connectivity index (χ0n) is 6.77. The van der Waals surface area contributed by atoms with E-state index in [0.29, 0.717) is 5.52 Å². The maximum atomic E-state index is 10.8. The SMILES string of the molecule is NC(=O)c1ccc2ccncc2n1. The van der Waals surface area contributed by atoms with Crippen LogP contribution in [0.15, 0.2) is 30.6 Å². The minimum atomic E-state index is -0.522. The molecule has 0 unspecified atom stereocenters. The zero-order valence-corrected chi connectivity index (χ0v) is 6.77. The van der Waals surface area contributed by atoms with Crippen LogP contribution in [0.1, 0.15) is 10.5 Å². The first kappa shape index (κ1) is 7.67. The van der Waals surface area contributed by atoms with Gasteiger partial charge in [-0.2, -0.15) is 0 Å². The molecule has 0 aliphatic heterocycles. The number of carbonyl (C=O) groups excluding carboxylic acids is 1. The number of hydrogen-bond acceptors (Lipinski definition) is 3. The van der Waals surface area contributed by atoms with E-state index in [1.807, 2.05) is 6.07 Å². The molecule has 1 amide bonds. The molecule has 4 nitrogen and oxygen atoms in total. The summed E-state index contributed by atoms with van der Waals surface area (Å²) >= 11 is 0. The summed E-state index contributed by atoms with van der Waals surface area (Å²) in [6, 6.07) is 5.22. The molecule has 0 aromatic carbocycles. The molecule has 2 rings (SSSR count). The van der Waals surface area contributed by atoms with Gasteiger partial charge in [-0.3, -0.25) is 9.78 Å². The van der Waals surface area contributed by atoms with Crippen molar-refractivity contribution in [3.8, 4) is 0 Å². The van der Waals surface area contributed by atoms with Crippen molar-refractivity contribution in [2.24, 2.45) is 5.73 Å². The van der Waals surface area contributed by atoms with Crippen molar-refractivity contribution in [1.29, 1.82) is 0 Å². The van der Waals surface area contributed by atoms with Crippen LogP contribution in [0.2, 0.25) is 0 Å². The topological polar surface area (TPSA) is 68.9 Å². The summed E-state index contributed by atoms with van der Waals surface area (Å²) in [7, 11) is 0. The van der Waals surface area contributed by atoms with Gasteiger partial charge in [0.15, 0.2) is 0 Å². The average Bonchev–Trinajstić information content (AvgIpc) is 2.17. The molecule has 2 N–H and O–H groups in total. The lowest BCUT2D eigenvalue weighted by Gasteiger charge is -1.97. The minimum absolute atomic E-state index is 0.264. The Labute approximate surface area is 74.4 Å². The third-order valence-corrected chi connectivity index (χ3v) is 1.75. The number of fused-ring (bicyclic) bond motifs is 1. The van der Waals surface area contributed by atoms with Gasteiger partial charge < -0.3 is 5.73 Å². The molecule has 0 spiro atoms. The van der Waals surface area contributed by atoms with Crippen LogP contribution >= 0.6 is 0 Å². The standard InChI is InChI=1S/C9H7N3O/c10-9(13)7-2-1-6-3-4-11-5-8(6)12-7/h1-5H,(H2,10,13). The van der Waals surface area contributed by atoms with Gasteiger partial charge in [-0.25, -0.2) is 4.98 Å². The van der Waals surface area contributed by atoms with E-state index in [-0.39, 0.29) is 5.69 Å². The van der Waals surface area contributed by atoms with Crippen molar-refractivity contribution in [2.45, 2.75) is 0 Å². The van der Waals surface area contributed by atoms with Crippen LogP contribution < -0.4 is 5.73 Å². The molecule has 0 saturated carbocycles. The van der Waals surface area contributed by atoms with E-state index in [4.69, 9.17) is 5.73 Å². The second-order valence-electron chi connectivity index (χ2n) is 2.63. The Kier molecular flexibility index (Phi) is 1.66. The van der Waals surface area contributed by atoms with Crippen molar-refractivity contribution in [3.05, 3.63) is 36.3 Å². The number of carbonyl (C=O) groups is 1. The minimum Gasteiger partial charge on any atom is -0.364 e. The third kappa shape index (κ3) is 1.33. The lowest BCUT2D eigenvalue weighted by Crippen LogP contribution is -2.12. The summed E-state index contributed by atoms with van der Waals surface area (Å²) in [5, 5.41) is 0.944. The summed E-state index contributed by atoms with van der Waals surface area (Å²) in [5.41, 5.74) is 6.03. The van der Waals surface area contributed by atoms with Gasteiger partial charge in [0.1, 0.15) is 5.69 Å². The molecule has 2 aromatic rings. The van der Waals surface area contributed by atoms with Gasteiger partial charge in [0, 0.05) is 11.6 Å². The highest BCUT2D eigenvalue weighted by molar-refractivity contribution is 5.93. The second kappa shape index (κ2) is 2.82. The quantitative estimate of drug-likeness (QED) is 0.691. The van der Waals surface area contributed by atoms with Crippen LogP contribution in [-0.4, -0.2) is 15.9 Å². The van der Waals surface area contributed by atoms with E-state index in [9.17, 15) is 4.79 Å². The fourth-order valence-electron chi connectivity index (χ4n) is 1.10. The Morgan fingerprint density at radius 2 is 2.15 bits per heavy atom. The normalized spacial score (nSPS) is 10.2. The maximum Gasteiger partial charge on any atom is 0.267 e. The van der Waals surface area contributed by atoms with Crippen molar-refractivity contribution in [2.75, 3.05) is 0 Å². The van der Waals surface area contributed by atoms with Crippen LogP contribution in [0, 0.1) is 0 Å². The van der Waals surface area contributed by atoms with Crippen molar-refractivity contribution < 1.29 is 4.79 Å². The summed E-state index contributed by atoms with van der Waals surface area (Å²) < 4.78 is 0. The number of nitrogens with zero attached hydrogens (tertiary/aromatic N) is 2. The predicted molar refractivity (Wildman–Crippen MR) is 48.1 cm³/mol. The van der Waals surface area contributed by atoms with E-state index in [1.54, 1.807) is 24.5 Å². The molecule has 13 heavy (non-hydrogen) atoms. The van der Waals surface area contributed by atoms with Gasteiger partial charge in [0.25, 0.3) is 5.91 Å². The zero-order chi connectivity index (χ0) is 9.26. The van der Waals surface area contributed by atoms with Gasteiger partial charge in [0.2, 0.25) is 0 Å². The highest BCUT2D eigenvalue weighted by Gasteiger charge is 2.02. The molecule has 4 heteroatoms. The average molecular weight is 173 g/mol. The van der Waals surface area contributed by atoms with E-state index in [1.165, 1.54) is 0 Å². The Morgan fingerprint density at radius 1 is 1.31 bits per heavy atom. The van der Waals surface area contributed by atoms with Crippen molar-refractivity contribution >= 4 is 16.8 Å². The number of pyridine rings is 2. The first-order valence-electron chi connectivity index (χ1n) is 3.78. The van der Waals surface area contributed by atoms with Gasteiger partial charge >= 0.3 is 0 Å². The van der Waals surface area contributed by atoms with Gasteiger partial charge in [0.05, 0.1) is 11.7 Å². The monoisotopic (exact) mass is 173 g/mol. The van der Waals surface area contributed by atoms with E-state index in [2.05, 4.69) is 9.97 Å². The Balaban J connectivity index is 2.69. The predicted octanol–water partition coefficient (Wildman–Crippen LogP) is 0.729. The molecule has 0 aliphatic carbocycles. The molecule has 0 fully saturated rings. The molecule has 0 radical (unpaired) electrons. The molecule has 64 valence electrons. The van der Waals surface area contributed by atoms with Crippen molar-refractivity contribution in [3.63, 3.8) is 0 Å². The lowest BCUT2D eigenvalue weighted by atomic mass is 10.2. The number of amides is 1. The molecule has 0 aliphatic rings. The van der Waals surface area contributed by atoms with E-state index in [0.717, 1.165) is 5.39 Å². The molecule has 0 bridgehead atoms. The Hall–Kier alpha value is -1.97. The molecule has 2 aromatic heterocycles. The molecular weight excluding hydrogens is 166 g/mol. The lowest BCUT2D eigenvalue weighted by molar-refractivity contribution is 0.0996. The Morgan fingerprint density at radius 3 is 2.92 bits per heavy atom. The first-order chi connectivity index (χ1) is 6.27. The van der Waals surface area contributed by atoms with Crippen LogP contribution in [0.5, 0.6) is 0 Å². The van der Waals surface area contributed by atoms with Gasteiger partial charge in [-0.1, -0.05) is 6.07 Å². The number of primary amides is 1. The smallest absolute Gasteiger partial charge is 0.267 e. The number of rotatable bonds is 1. The third-order valence-electron chi connectivity index (χ3n) is 1.75. The van der Waals surface area contributed by atoms with Crippen LogP contribution in [0.25, 0.3) is 10.9 Å². The van der Waals surface area contributed by atoms with Gasteiger partial charge in [-0.05, 0) is 12.1 Å². The summed E-state index contributed by atoms with van der Waals surface area (Å²) in [5.74, 6) is -0.522. The summed E-state index contributed by atoms with van der Waals surface area (Å²) in [6.07, 6.45) is 3.27. The largest absolute Gasteiger partial charge is 0.364 e. The second-order valence-corrected chi connectivity index (χ2v) is 2.63. The summed E-state index contributed by atoms with van der Waals surface area (Å²) in [6.45, 7) is 0. The highest BCUT2D eigenvalue weighted by atomic mass is 16.1. The van der Waals surface area contributed by atoms with Gasteiger partial charge in [-0.15, -0.1) is 0 Å². The van der Waals surface area contributed by atoms with E-state index >= 15 is 0 Å². The van der Waals surface area contributed by atoms with Crippen LogP contribution in [0.4, 0.5) is 0 Å². The molecule has 0 saturated heterocycles. The Bertz CT molecular complexity index is 467. The summed E-state index contributed by atoms with van der Waals surface area (Å²) in [4.78, 5) is 18.7. The molecule has 2 heterocycles. The maximum absolute atomic E-state index is 10.8. The fourth-order valence-corrected chi connectivity index (χ4v) is 1.10. The van der Waals surface area contributed by atoms with Crippen LogP contribution in [-0.2, 0) is 0 Å². The molecule has 0 atom stereocenters. The number of nitrogens with two attached hydrogens (primary N) is 1. The highest BCUT2D eigenvalue weighted by Crippen LogP contribution is 2.09. The fraction of sp³-hybridized carbons (Fsp3) is 0.